The van der Waals surface area contributed by atoms with Gasteiger partial charge in [-0.15, -0.1) is 0 Å². The van der Waals surface area contributed by atoms with E-state index in [9.17, 15) is 18.0 Å². The summed E-state index contributed by atoms with van der Waals surface area (Å²) in [5, 5.41) is 0.432. The number of nitrogens with two attached hydrogens (primary N) is 2. The van der Waals surface area contributed by atoms with Gasteiger partial charge < -0.3 is 11.5 Å². The second-order valence-corrected chi connectivity index (χ2v) is 7.22. The van der Waals surface area contributed by atoms with Crippen molar-refractivity contribution in [1.82, 2.24) is 9.79 Å². The first-order valence-corrected chi connectivity index (χ1v) is 9.50. The third-order valence-electron chi connectivity index (χ3n) is 4.26. The average molecular weight is 428 g/mol. The van der Waals surface area contributed by atoms with Crippen molar-refractivity contribution < 1.29 is 22.8 Å². The van der Waals surface area contributed by atoms with Crippen molar-refractivity contribution in [2.75, 3.05) is 19.9 Å². The Hall–Kier alpha value is -2.27. The summed E-state index contributed by atoms with van der Waals surface area (Å²) in [6.45, 7) is 0. The van der Waals surface area contributed by atoms with Crippen molar-refractivity contribution in [3.63, 3.8) is 0 Å². The molecule has 158 valence electrons. The fourth-order valence-electron chi connectivity index (χ4n) is 2.55. The smallest absolute Gasteiger partial charge is 0.398 e. The SMILES string of the molecule is CON(C)C(=O)CC(NSC(N)c1ccccc1N)c1cccc(C(F)(F)F)c1. The number of hydrogen-bond acceptors (Lipinski definition) is 6. The fraction of sp³-hybridized carbons (Fsp3) is 0.316. The molecule has 29 heavy (non-hydrogen) atoms. The van der Waals surface area contributed by atoms with E-state index in [-0.39, 0.29) is 6.42 Å². The van der Waals surface area contributed by atoms with Crippen molar-refractivity contribution in [3.8, 4) is 0 Å². The van der Waals surface area contributed by atoms with E-state index in [1.54, 1.807) is 24.3 Å². The van der Waals surface area contributed by atoms with E-state index in [0.29, 0.717) is 16.8 Å². The molecule has 2 aromatic rings. The average Bonchev–Trinajstić information content (AvgIpc) is 2.69. The standard InChI is InChI=1S/C19H23F3N4O2S/c1-26(28-2)17(27)11-16(12-6-5-7-13(10-12)19(20,21)22)25-29-18(24)14-8-3-4-9-15(14)23/h3-10,16,18,25H,11,23-24H2,1-2H3. The van der Waals surface area contributed by atoms with Gasteiger partial charge >= 0.3 is 6.18 Å². The summed E-state index contributed by atoms with van der Waals surface area (Å²) in [4.78, 5) is 17.2. The monoisotopic (exact) mass is 428 g/mol. The summed E-state index contributed by atoms with van der Waals surface area (Å²) < 4.78 is 42.3. The number of carbonyl (C=O) groups is 1. The molecule has 0 aliphatic heterocycles. The molecular weight excluding hydrogens is 405 g/mol. The normalized spacial score (nSPS) is 13.7. The summed E-state index contributed by atoms with van der Waals surface area (Å²) >= 11 is 1.08. The Balaban J connectivity index is 2.24. The van der Waals surface area contributed by atoms with Crippen LogP contribution in [0.4, 0.5) is 18.9 Å². The van der Waals surface area contributed by atoms with Crippen LogP contribution in [-0.2, 0) is 15.8 Å². The molecule has 2 unspecified atom stereocenters. The van der Waals surface area contributed by atoms with Gasteiger partial charge in [0.15, 0.2) is 0 Å². The molecule has 0 bridgehead atoms. The second kappa shape index (κ2) is 9.97. The summed E-state index contributed by atoms with van der Waals surface area (Å²) in [5.74, 6) is -0.407. The van der Waals surface area contributed by atoms with Crippen LogP contribution >= 0.6 is 11.9 Å². The van der Waals surface area contributed by atoms with Crippen LogP contribution in [0, 0.1) is 0 Å². The largest absolute Gasteiger partial charge is 0.416 e. The number of nitrogen functional groups attached to an aromatic ring is 1. The number of hydrogen-bond donors (Lipinski definition) is 3. The lowest BCUT2D eigenvalue weighted by Gasteiger charge is -2.24. The first-order chi connectivity index (χ1) is 13.6. The predicted molar refractivity (Wildman–Crippen MR) is 107 cm³/mol. The second-order valence-electron chi connectivity index (χ2n) is 6.24. The minimum Gasteiger partial charge on any atom is -0.398 e. The van der Waals surface area contributed by atoms with Crippen LogP contribution in [0.2, 0.25) is 0 Å². The molecule has 5 N–H and O–H groups in total. The zero-order valence-corrected chi connectivity index (χ0v) is 16.8. The number of alkyl halides is 3. The molecule has 0 spiro atoms. The van der Waals surface area contributed by atoms with Crippen LogP contribution in [0.15, 0.2) is 48.5 Å². The van der Waals surface area contributed by atoms with E-state index >= 15 is 0 Å². The van der Waals surface area contributed by atoms with Gasteiger partial charge in [0.1, 0.15) is 0 Å². The van der Waals surface area contributed by atoms with Gasteiger partial charge in [0.05, 0.1) is 24.1 Å². The molecular formula is C19H23F3N4O2S. The molecule has 2 atom stereocenters. The first-order valence-electron chi connectivity index (χ1n) is 8.62. The lowest BCUT2D eigenvalue weighted by atomic mass is 10.0. The van der Waals surface area contributed by atoms with Gasteiger partial charge in [0.2, 0.25) is 5.91 Å². The first kappa shape index (κ1) is 23.0. The van der Waals surface area contributed by atoms with E-state index in [0.717, 1.165) is 29.1 Å². The Morgan fingerprint density at radius 1 is 1.24 bits per heavy atom. The number of amides is 1. The number of nitrogens with zero attached hydrogens (tertiary/aromatic N) is 1. The number of hydroxylamine groups is 2. The number of rotatable bonds is 8. The van der Waals surface area contributed by atoms with E-state index in [4.69, 9.17) is 16.3 Å². The molecule has 0 radical (unpaired) electrons. The van der Waals surface area contributed by atoms with Gasteiger partial charge in [-0.2, -0.15) is 13.2 Å². The van der Waals surface area contributed by atoms with E-state index in [1.165, 1.54) is 26.3 Å². The Kier molecular flexibility index (Phi) is 7.91. The number of carbonyl (C=O) groups excluding carboxylic acids is 1. The highest BCUT2D eigenvalue weighted by molar-refractivity contribution is 7.97. The van der Waals surface area contributed by atoms with Crippen LogP contribution in [-0.4, -0.2) is 25.1 Å². The number of para-hydroxylation sites is 1. The summed E-state index contributed by atoms with van der Waals surface area (Å²) in [6.07, 6.45) is -4.62. The lowest BCUT2D eigenvalue weighted by Crippen LogP contribution is -2.30. The van der Waals surface area contributed by atoms with Gasteiger partial charge in [0.25, 0.3) is 0 Å². The number of anilines is 1. The van der Waals surface area contributed by atoms with E-state index in [1.807, 2.05) is 0 Å². The van der Waals surface area contributed by atoms with Crippen LogP contribution in [0.3, 0.4) is 0 Å². The van der Waals surface area contributed by atoms with Crippen LogP contribution in [0.5, 0.6) is 0 Å². The molecule has 10 heteroatoms. The highest BCUT2D eigenvalue weighted by Crippen LogP contribution is 2.33. The molecule has 0 fully saturated rings. The van der Waals surface area contributed by atoms with Crippen molar-refractivity contribution in [3.05, 3.63) is 65.2 Å². The molecule has 1 amide bonds. The highest BCUT2D eigenvalue weighted by atomic mass is 32.2. The van der Waals surface area contributed by atoms with Crippen molar-refractivity contribution in [2.45, 2.75) is 24.0 Å². The Labute approximate surface area is 171 Å². The Bertz CT molecular complexity index is 835. The molecule has 0 saturated heterocycles. The zero-order chi connectivity index (χ0) is 21.6. The lowest BCUT2D eigenvalue weighted by molar-refractivity contribution is -0.169. The van der Waals surface area contributed by atoms with Gasteiger partial charge in [-0.1, -0.05) is 42.3 Å². The number of nitrogens with one attached hydrogen (secondary N) is 1. The van der Waals surface area contributed by atoms with Crippen molar-refractivity contribution >= 4 is 23.5 Å². The van der Waals surface area contributed by atoms with Crippen LogP contribution < -0.4 is 16.2 Å². The molecule has 6 nitrogen and oxygen atoms in total. The third kappa shape index (κ3) is 6.36. The Morgan fingerprint density at radius 2 is 1.93 bits per heavy atom. The maximum absolute atomic E-state index is 13.1. The summed E-state index contributed by atoms with van der Waals surface area (Å²) in [6, 6.07) is 11.1. The molecule has 0 aliphatic carbocycles. The molecule has 2 aromatic carbocycles. The van der Waals surface area contributed by atoms with Gasteiger partial charge in [-0.25, -0.2) is 5.06 Å². The quantitative estimate of drug-likeness (QED) is 0.257. The van der Waals surface area contributed by atoms with E-state index in [2.05, 4.69) is 4.72 Å². The van der Waals surface area contributed by atoms with Crippen molar-refractivity contribution in [1.29, 1.82) is 0 Å². The molecule has 0 saturated carbocycles. The molecule has 0 aliphatic rings. The van der Waals surface area contributed by atoms with Gasteiger partial charge in [0, 0.05) is 24.7 Å². The number of benzene rings is 2. The molecule has 0 heterocycles. The molecule has 2 rings (SSSR count). The zero-order valence-electron chi connectivity index (χ0n) is 15.9. The van der Waals surface area contributed by atoms with Gasteiger partial charge in [-0.05, 0) is 23.8 Å². The minimum absolute atomic E-state index is 0.129. The Morgan fingerprint density at radius 3 is 2.55 bits per heavy atom. The fourth-order valence-corrected chi connectivity index (χ4v) is 3.43. The predicted octanol–water partition coefficient (Wildman–Crippen LogP) is 3.63. The summed E-state index contributed by atoms with van der Waals surface area (Å²) in [5.41, 5.74) is 12.8. The van der Waals surface area contributed by atoms with Gasteiger partial charge in [-0.3, -0.25) is 14.4 Å². The summed E-state index contributed by atoms with van der Waals surface area (Å²) in [7, 11) is 2.75. The maximum Gasteiger partial charge on any atom is 0.416 e. The highest BCUT2D eigenvalue weighted by Gasteiger charge is 2.31. The molecule has 0 aromatic heterocycles. The van der Waals surface area contributed by atoms with E-state index < -0.39 is 29.1 Å². The van der Waals surface area contributed by atoms with Crippen LogP contribution in [0.25, 0.3) is 0 Å². The minimum atomic E-state index is -4.49. The number of halogens is 3. The topological polar surface area (TPSA) is 93.6 Å². The van der Waals surface area contributed by atoms with Crippen molar-refractivity contribution in [2.24, 2.45) is 5.73 Å². The third-order valence-corrected chi connectivity index (χ3v) is 5.19. The van der Waals surface area contributed by atoms with Crippen LogP contribution in [0.1, 0.15) is 34.5 Å². The maximum atomic E-state index is 13.1.